The highest BCUT2D eigenvalue weighted by molar-refractivity contribution is 5.96. The van der Waals surface area contributed by atoms with Crippen LogP contribution in [-0.2, 0) is 12.4 Å². The van der Waals surface area contributed by atoms with E-state index in [9.17, 15) is 31.1 Å². The molecule has 0 spiro atoms. The highest BCUT2D eigenvalue weighted by Gasteiger charge is 2.43. The number of nitrogens with two attached hydrogens (primary N) is 1. The lowest BCUT2D eigenvalue weighted by Gasteiger charge is -2.39. The smallest absolute Gasteiger partial charge is 0.366 e. The summed E-state index contributed by atoms with van der Waals surface area (Å²) in [6.07, 6.45) is -5.52. The maximum absolute atomic E-state index is 13.5. The maximum atomic E-state index is 13.5. The van der Waals surface area contributed by atoms with Crippen LogP contribution in [0.2, 0.25) is 0 Å². The standard InChI is InChI=1S/C19H22F6N2O/c20-18(21,22)11-9-13(16(17(26)28)14(10-11)19(23,24)25)12-5-1-2-6-15(12)27-7-3-4-8-27/h9-10,12,15H,1-8H2,(H2,26,28)/t12-,15-/m0/s1. The number of halogens is 6. The first-order valence-electron chi connectivity index (χ1n) is 9.36. The second-order valence-electron chi connectivity index (χ2n) is 7.55. The van der Waals surface area contributed by atoms with Gasteiger partial charge in [0.15, 0.2) is 0 Å². The molecule has 0 radical (unpaired) electrons. The van der Waals surface area contributed by atoms with E-state index in [4.69, 9.17) is 5.73 Å². The molecule has 156 valence electrons. The normalized spacial score (nSPS) is 24.5. The van der Waals surface area contributed by atoms with Gasteiger partial charge >= 0.3 is 12.4 Å². The van der Waals surface area contributed by atoms with Gasteiger partial charge in [-0.15, -0.1) is 0 Å². The van der Waals surface area contributed by atoms with Gasteiger partial charge in [-0.05, 0) is 56.5 Å². The molecule has 2 atom stereocenters. The highest BCUT2D eigenvalue weighted by Crippen LogP contribution is 2.45. The zero-order chi connectivity index (χ0) is 20.7. The van der Waals surface area contributed by atoms with E-state index in [2.05, 4.69) is 4.90 Å². The Balaban J connectivity index is 2.20. The van der Waals surface area contributed by atoms with Crippen molar-refractivity contribution in [3.05, 3.63) is 34.4 Å². The molecule has 0 bridgehead atoms. The number of amides is 1. The minimum atomic E-state index is -5.11. The summed E-state index contributed by atoms with van der Waals surface area (Å²) in [5.74, 6) is -1.93. The maximum Gasteiger partial charge on any atom is 0.417 e. The Labute approximate surface area is 158 Å². The van der Waals surface area contributed by atoms with Crippen LogP contribution in [0.4, 0.5) is 26.3 Å². The number of primary amides is 1. The van der Waals surface area contributed by atoms with Gasteiger partial charge in [0.05, 0.1) is 16.7 Å². The number of likely N-dealkylation sites (tertiary alicyclic amines) is 1. The van der Waals surface area contributed by atoms with Crippen LogP contribution in [0, 0.1) is 0 Å². The molecule has 3 rings (SSSR count). The van der Waals surface area contributed by atoms with E-state index >= 15 is 0 Å². The lowest BCUT2D eigenvalue weighted by molar-refractivity contribution is -0.143. The van der Waals surface area contributed by atoms with E-state index in [0.29, 0.717) is 25.3 Å². The Bertz CT molecular complexity index is 737. The lowest BCUT2D eigenvalue weighted by atomic mass is 9.76. The quantitative estimate of drug-likeness (QED) is 0.720. The van der Waals surface area contributed by atoms with Crippen LogP contribution in [0.15, 0.2) is 12.1 Å². The van der Waals surface area contributed by atoms with E-state index in [-0.39, 0.29) is 17.7 Å². The van der Waals surface area contributed by atoms with Gasteiger partial charge in [0.25, 0.3) is 0 Å². The predicted octanol–water partition coefficient (Wildman–Crippen LogP) is 4.95. The topological polar surface area (TPSA) is 46.3 Å². The number of alkyl halides is 6. The highest BCUT2D eigenvalue weighted by atomic mass is 19.4. The van der Waals surface area contributed by atoms with E-state index < -0.39 is 40.9 Å². The minimum Gasteiger partial charge on any atom is -0.366 e. The number of carbonyl (C=O) groups excluding carboxylic acids is 1. The molecule has 1 aromatic rings. The summed E-state index contributed by atoms with van der Waals surface area (Å²) in [4.78, 5) is 14.1. The number of nitrogens with zero attached hydrogens (tertiary/aromatic N) is 1. The SMILES string of the molecule is NC(=O)c1c([C@@H]2CCCC[C@@H]2N2CCCC2)cc(C(F)(F)F)cc1C(F)(F)F. The van der Waals surface area contributed by atoms with Gasteiger partial charge in [-0.3, -0.25) is 9.69 Å². The molecular weight excluding hydrogens is 386 g/mol. The molecule has 3 nitrogen and oxygen atoms in total. The van der Waals surface area contributed by atoms with E-state index in [1.807, 2.05) is 0 Å². The van der Waals surface area contributed by atoms with Crippen molar-refractivity contribution in [3.8, 4) is 0 Å². The van der Waals surface area contributed by atoms with Gasteiger partial charge < -0.3 is 5.73 Å². The molecule has 2 N–H and O–H groups in total. The van der Waals surface area contributed by atoms with Crippen LogP contribution < -0.4 is 5.73 Å². The predicted molar refractivity (Wildman–Crippen MR) is 90.8 cm³/mol. The first-order valence-corrected chi connectivity index (χ1v) is 9.36. The van der Waals surface area contributed by atoms with Gasteiger partial charge in [0.2, 0.25) is 5.91 Å². The molecule has 1 heterocycles. The summed E-state index contributed by atoms with van der Waals surface area (Å²) in [7, 11) is 0. The molecule has 2 fully saturated rings. The molecule has 2 aliphatic rings. The number of benzene rings is 1. The molecule has 1 aromatic carbocycles. The third-order valence-electron chi connectivity index (χ3n) is 5.79. The molecule has 9 heteroatoms. The zero-order valence-corrected chi connectivity index (χ0v) is 15.2. The van der Waals surface area contributed by atoms with Crippen molar-refractivity contribution in [2.24, 2.45) is 5.73 Å². The zero-order valence-electron chi connectivity index (χ0n) is 15.2. The molecule has 1 saturated carbocycles. The average Bonchev–Trinajstić information content (AvgIpc) is 3.13. The summed E-state index contributed by atoms with van der Waals surface area (Å²) in [6.45, 7) is 1.52. The number of hydrogen-bond donors (Lipinski definition) is 1. The van der Waals surface area contributed by atoms with Crippen molar-refractivity contribution in [1.82, 2.24) is 4.90 Å². The van der Waals surface area contributed by atoms with Gasteiger partial charge in [-0.2, -0.15) is 26.3 Å². The van der Waals surface area contributed by atoms with Crippen LogP contribution in [0.5, 0.6) is 0 Å². The molecule has 1 aliphatic carbocycles. The van der Waals surface area contributed by atoms with Crippen LogP contribution in [-0.4, -0.2) is 29.9 Å². The fourth-order valence-electron chi connectivity index (χ4n) is 4.60. The summed E-state index contributed by atoms with van der Waals surface area (Å²) >= 11 is 0. The van der Waals surface area contributed by atoms with Crippen LogP contribution >= 0.6 is 0 Å². The fraction of sp³-hybridized carbons (Fsp3) is 0.632. The Morgan fingerprint density at radius 1 is 0.929 bits per heavy atom. The fourth-order valence-corrected chi connectivity index (χ4v) is 4.60. The van der Waals surface area contributed by atoms with Crippen molar-refractivity contribution in [2.45, 2.75) is 62.8 Å². The molecule has 1 aliphatic heterocycles. The minimum absolute atomic E-state index is 0.00270. The van der Waals surface area contributed by atoms with Crippen molar-refractivity contribution in [3.63, 3.8) is 0 Å². The second kappa shape index (κ2) is 7.57. The number of carbonyl (C=O) groups is 1. The van der Waals surface area contributed by atoms with E-state index in [1.54, 1.807) is 0 Å². The molecule has 0 aromatic heterocycles. The number of hydrogen-bond acceptors (Lipinski definition) is 2. The molecule has 1 saturated heterocycles. The van der Waals surface area contributed by atoms with Crippen LogP contribution in [0.1, 0.15) is 71.5 Å². The van der Waals surface area contributed by atoms with Crippen LogP contribution in [0.3, 0.4) is 0 Å². The summed E-state index contributed by atoms with van der Waals surface area (Å²) in [5.41, 5.74) is 1.21. The second-order valence-corrected chi connectivity index (χ2v) is 7.55. The molecule has 1 amide bonds. The summed E-state index contributed by atoms with van der Waals surface area (Å²) in [6, 6.07) is 0.519. The Kier molecular flexibility index (Phi) is 5.67. The van der Waals surface area contributed by atoms with Gasteiger partial charge in [-0.25, -0.2) is 0 Å². The van der Waals surface area contributed by atoms with Crippen LogP contribution in [0.25, 0.3) is 0 Å². The molecular formula is C19H22F6N2O. The third kappa shape index (κ3) is 4.14. The van der Waals surface area contributed by atoms with E-state index in [0.717, 1.165) is 32.4 Å². The summed E-state index contributed by atoms with van der Waals surface area (Å²) < 4.78 is 80.6. The third-order valence-corrected chi connectivity index (χ3v) is 5.79. The summed E-state index contributed by atoms with van der Waals surface area (Å²) in [5, 5.41) is 0. The van der Waals surface area contributed by atoms with Crippen molar-refractivity contribution in [1.29, 1.82) is 0 Å². The Morgan fingerprint density at radius 2 is 1.54 bits per heavy atom. The van der Waals surface area contributed by atoms with Crippen molar-refractivity contribution in [2.75, 3.05) is 13.1 Å². The van der Waals surface area contributed by atoms with E-state index in [1.165, 1.54) is 0 Å². The van der Waals surface area contributed by atoms with Crippen molar-refractivity contribution >= 4 is 5.91 Å². The Hall–Kier alpha value is -1.77. The molecule has 0 unspecified atom stereocenters. The van der Waals surface area contributed by atoms with Gasteiger partial charge in [0, 0.05) is 12.0 Å². The van der Waals surface area contributed by atoms with Gasteiger partial charge in [0.1, 0.15) is 0 Å². The van der Waals surface area contributed by atoms with Crippen molar-refractivity contribution < 1.29 is 31.1 Å². The average molecular weight is 408 g/mol. The first kappa shape index (κ1) is 21.0. The monoisotopic (exact) mass is 408 g/mol. The van der Waals surface area contributed by atoms with Gasteiger partial charge in [-0.1, -0.05) is 12.8 Å². The largest absolute Gasteiger partial charge is 0.417 e. The number of rotatable bonds is 3. The Morgan fingerprint density at radius 3 is 2.07 bits per heavy atom. The lowest BCUT2D eigenvalue weighted by Crippen LogP contribution is -2.40. The first-order chi connectivity index (χ1) is 13.0. The molecule has 28 heavy (non-hydrogen) atoms.